The summed E-state index contributed by atoms with van der Waals surface area (Å²) in [7, 11) is 0. The van der Waals surface area contributed by atoms with Gasteiger partial charge in [-0.05, 0) is 56.3 Å². The highest BCUT2D eigenvalue weighted by molar-refractivity contribution is 7.18. The summed E-state index contributed by atoms with van der Waals surface area (Å²) in [6, 6.07) is 6.04. The van der Waals surface area contributed by atoms with Gasteiger partial charge in [0.05, 0.1) is 15.2 Å². The van der Waals surface area contributed by atoms with E-state index in [1.807, 2.05) is 12.1 Å². The summed E-state index contributed by atoms with van der Waals surface area (Å²) in [5.74, 6) is 1.22. The zero-order valence-corrected chi connectivity index (χ0v) is 13.4. The molecule has 2 atom stereocenters. The first kappa shape index (κ1) is 14.2. The van der Waals surface area contributed by atoms with Crippen LogP contribution in [0.1, 0.15) is 43.0 Å². The SMILES string of the molecule is NC[C@H]1CCC[C@H]1C(=O)Nc1ccc2nc(C3CC3)sc2c1. The number of hydrogen-bond acceptors (Lipinski definition) is 4. The number of fused-ring (bicyclic) bond motifs is 1. The lowest BCUT2D eigenvalue weighted by atomic mass is 9.95. The van der Waals surface area contributed by atoms with Crippen molar-refractivity contribution in [1.29, 1.82) is 0 Å². The maximum atomic E-state index is 12.5. The van der Waals surface area contributed by atoms with Crippen LogP contribution in [-0.4, -0.2) is 17.4 Å². The molecule has 0 unspecified atom stereocenters. The van der Waals surface area contributed by atoms with Gasteiger partial charge in [-0.2, -0.15) is 0 Å². The van der Waals surface area contributed by atoms with E-state index in [9.17, 15) is 4.79 Å². The van der Waals surface area contributed by atoms with E-state index in [-0.39, 0.29) is 11.8 Å². The van der Waals surface area contributed by atoms with Crippen LogP contribution in [0.2, 0.25) is 0 Å². The number of amides is 1. The zero-order valence-electron chi connectivity index (χ0n) is 12.5. The van der Waals surface area contributed by atoms with E-state index in [4.69, 9.17) is 5.73 Å². The van der Waals surface area contributed by atoms with Crippen LogP contribution in [-0.2, 0) is 4.79 Å². The number of carbonyl (C=O) groups is 1. The summed E-state index contributed by atoms with van der Waals surface area (Å²) < 4.78 is 1.17. The van der Waals surface area contributed by atoms with Gasteiger partial charge >= 0.3 is 0 Å². The minimum atomic E-state index is 0.0733. The van der Waals surface area contributed by atoms with Gasteiger partial charge in [-0.15, -0.1) is 11.3 Å². The van der Waals surface area contributed by atoms with E-state index in [1.165, 1.54) is 22.5 Å². The van der Waals surface area contributed by atoms with E-state index < -0.39 is 0 Å². The van der Waals surface area contributed by atoms with Crippen LogP contribution in [0.25, 0.3) is 10.2 Å². The molecule has 0 saturated heterocycles. The molecule has 2 aliphatic carbocycles. The Hall–Kier alpha value is -1.46. The standard InChI is InChI=1S/C17H21N3OS/c18-9-11-2-1-3-13(11)16(21)19-12-6-7-14-15(8-12)22-17(20-14)10-4-5-10/h6-8,10-11,13H,1-5,9,18H2,(H,19,21)/t11-,13-/m1/s1. The van der Waals surface area contributed by atoms with Crippen LogP contribution in [0.15, 0.2) is 18.2 Å². The molecule has 0 bridgehead atoms. The Kier molecular flexibility index (Phi) is 3.62. The fourth-order valence-electron chi connectivity index (χ4n) is 3.42. The van der Waals surface area contributed by atoms with Crippen molar-refractivity contribution < 1.29 is 4.79 Å². The predicted octanol–water partition coefficient (Wildman–Crippen LogP) is 3.49. The third kappa shape index (κ3) is 2.63. The van der Waals surface area contributed by atoms with Crippen molar-refractivity contribution in [3.05, 3.63) is 23.2 Å². The summed E-state index contributed by atoms with van der Waals surface area (Å²) in [4.78, 5) is 17.2. The van der Waals surface area contributed by atoms with Crippen LogP contribution in [0.3, 0.4) is 0 Å². The molecule has 1 amide bonds. The van der Waals surface area contributed by atoms with Gasteiger partial charge in [-0.25, -0.2) is 4.98 Å². The number of rotatable bonds is 4. The van der Waals surface area contributed by atoms with Gasteiger partial charge in [0.25, 0.3) is 0 Å². The van der Waals surface area contributed by atoms with Crippen LogP contribution < -0.4 is 11.1 Å². The highest BCUT2D eigenvalue weighted by Crippen LogP contribution is 2.43. The molecule has 1 aromatic carbocycles. The normalized spacial score (nSPS) is 24.8. The number of benzene rings is 1. The number of nitrogens with one attached hydrogen (secondary N) is 1. The van der Waals surface area contributed by atoms with Gasteiger partial charge in [-0.1, -0.05) is 6.42 Å². The van der Waals surface area contributed by atoms with Gasteiger partial charge in [0, 0.05) is 17.5 Å². The van der Waals surface area contributed by atoms with Crippen molar-refractivity contribution in [2.24, 2.45) is 17.6 Å². The van der Waals surface area contributed by atoms with Crippen LogP contribution in [0.4, 0.5) is 5.69 Å². The lowest BCUT2D eigenvalue weighted by molar-refractivity contribution is -0.120. The smallest absolute Gasteiger partial charge is 0.227 e. The van der Waals surface area contributed by atoms with Crippen LogP contribution in [0.5, 0.6) is 0 Å². The average molecular weight is 315 g/mol. The molecule has 2 saturated carbocycles. The number of carbonyl (C=O) groups excluding carboxylic acids is 1. The third-order valence-electron chi connectivity index (χ3n) is 4.90. The van der Waals surface area contributed by atoms with Crippen molar-refractivity contribution in [2.75, 3.05) is 11.9 Å². The van der Waals surface area contributed by atoms with Crippen molar-refractivity contribution in [3.63, 3.8) is 0 Å². The maximum Gasteiger partial charge on any atom is 0.227 e. The molecule has 4 nitrogen and oxygen atoms in total. The van der Waals surface area contributed by atoms with Crippen molar-refractivity contribution in [1.82, 2.24) is 4.98 Å². The summed E-state index contributed by atoms with van der Waals surface area (Å²) >= 11 is 1.76. The topological polar surface area (TPSA) is 68.0 Å². The Morgan fingerprint density at radius 2 is 2.18 bits per heavy atom. The molecule has 3 N–H and O–H groups in total. The largest absolute Gasteiger partial charge is 0.330 e. The Balaban J connectivity index is 1.52. The molecule has 1 heterocycles. The van der Waals surface area contributed by atoms with Gasteiger partial charge in [0.1, 0.15) is 0 Å². The molecule has 116 valence electrons. The highest BCUT2D eigenvalue weighted by atomic mass is 32.1. The monoisotopic (exact) mass is 315 g/mol. The second kappa shape index (κ2) is 5.63. The summed E-state index contributed by atoms with van der Waals surface area (Å²) in [5.41, 5.74) is 7.71. The minimum Gasteiger partial charge on any atom is -0.330 e. The molecular weight excluding hydrogens is 294 g/mol. The van der Waals surface area contributed by atoms with E-state index >= 15 is 0 Å². The van der Waals surface area contributed by atoms with E-state index in [0.29, 0.717) is 18.4 Å². The first-order valence-electron chi connectivity index (χ1n) is 8.16. The second-order valence-electron chi connectivity index (χ2n) is 6.53. The number of hydrogen-bond donors (Lipinski definition) is 2. The third-order valence-corrected chi connectivity index (χ3v) is 6.08. The first-order chi connectivity index (χ1) is 10.7. The Morgan fingerprint density at radius 1 is 1.32 bits per heavy atom. The Morgan fingerprint density at radius 3 is 2.95 bits per heavy atom. The number of nitrogens with two attached hydrogens (primary N) is 1. The fraction of sp³-hybridized carbons (Fsp3) is 0.529. The molecular formula is C17H21N3OS. The predicted molar refractivity (Wildman–Crippen MR) is 90.1 cm³/mol. The lowest BCUT2D eigenvalue weighted by Gasteiger charge is -2.17. The molecule has 22 heavy (non-hydrogen) atoms. The molecule has 0 aliphatic heterocycles. The fourth-order valence-corrected chi connectivity index (χ4v) is 4.60. The second-order valence-corrected chi connectivity index (χ2v) is 7.59. The van der Waals surface area contributed by atoms with E-state index in [1.54, 1.807) is 11.3 Å². The minimum absolute atomic E-state index is 0.0733. The number of thiazole rings is 1. The molecule has 4 rings (SSSR count). The number of nitrogens with zero attached hydrogens (tertiary/aromatic N) is 1. The van der Waals surface area contributed by atoms with Crippen LogP contribution >= 0.6 is 11.3 Å². The maximum absolute atomic E-state index is 12.5. The molecule has 2 aliphatic rings. The molecule has 2 aromatic rings. The van der Waals surface area contributed by atoms with E-state index in [2.05, 4.69) is 16.4 Å². The summed E-state index contributed by atoms with van der Waals surface area (Å²) in [6.07, 6.45) is 5.69. The first-order valence-corrected chi connectivity index (χ1v) is 8.97. The van der Waals surface area contributed by atoms with Crippen molar-refractivity contribution >= 4 is 33.1 Å². The molecule has 5 heteroatoms. The molecule has 0 radical (unpaired) electrons. The Bertz CT molecular complexity index is 707. The van der Waals surface area contributed by atoms with Crippen LogP contribution in [0, 0.1) is 11.8 Å². The van der Waals surface area contributed by atoms with Gasteiger partial charge in [0.2, 0.25) is 5.91 Å². The number of aromatic nitrogens is 1. The van der Waals surface area contributed by atoms with Gasteiger partial charge < -0.3 is 11.1 Å². The quantitative estimate of drug-likeness (QED) is 0.907. The number of anilines is 1. The summed E-state index contributed by atoms with van der Waals surface area (Å²) in [5, 5.41) is 4.33. The van der Waals surface area contributed by atoms with Gasteiger partial charge in [-0.3, -0.25) is 4.79 Å². The highest BCUT2D eigenvalue weighted by Gasteiger charge is 2.32. The molecule has 0 spiro atoms. The summed E-state index contributed by atoms with van der Waals surface area (Å²) in [6.45, 7) is 0.608. The van der Waals surface area contributed by atoms with Gasteiger partial charge in [0.15, 0.2) is 0 Å². The lowest BCUT2D eigenvalue weighted by Crippen LogP contribution is -2.29. The van der Waals surface area contributed by atoms with E-state index in [0.717, 1.165) is 30.5 Å². The van der Waals surface area contributed by atoms with Crippen molar-refractivity contribution in [3.8, 4) is 0 Å². The zero-order chi connectivity index (χ0) is 15.1. The molecule has 2 fully saturated rings. The average Bonchev–Trinajstić information content (AvgIpc) is 3.11. The van der Waals surface area contributed by atoms with Crippen molar-refractivity contribution in [2.45, 2.75) is 38.0 Å². The Labute approximate surface area is 134 Å². The molecule has 1 aromatic heterocycles.